The molecule has 0 fully saturated rings. The van der Waals surface area contributed by atoms with Gasteiger partial charge in [-0.2, -0.15) is 0 Å². The summed E-state index contributed by atoms with van der Waals surface area (Å²) in [5.74, 6) is 0.0495. The number of pyridine rings is 2. The highest BCUT2D eigenvalue weighted by Crippen LogP contribution is 2.22. The minimum absolute atomic E-state index is 0.0929. The van der Waals surface area contributed by atoms with Crippen LogP contribution in [0.15, 0.2) is 40.0 Å². The van der Waals surface area contributed by atoms with Crippen LogP contribution in [0.3, 0.4) is 0 Å². The number of nitrogens with two attached hydrogens (primary N) is 1. The summed E-state index contributed by atoms with van der Waals surface area (Å²) in [6, 6.07) is 4.33. The first-order valence-corrected chi connectivity index (χ1v) is 7.59. The summed E-state index contributed by atoms with van der Waals surface area (Å²) in [7, 11) is -3.85. The molecular formula is C10H8BrClN4O2S. The summed E-state index contributed by atoms with van der Waals surface area (Å²) in [4.78, 5) is 7.49. The normalized spacial score (nSPS) is 11.3. The molecule has 0 aliphatic heterocycles. The number of nitrogen functional groups attached to an aromatic ring is 1. The zero-order chi connectivity index (χ0) is 14.0. The minimum atomic E-state index is -3.85. The van der Waals surface area contributed by atoms with Gasteiger partial charge in [-0.05, 0) is 34.1 Å². The predicted molar refractivity (Wildman–Crippen MR) is 76.4 cm³/mol. The Morgan fingerprint density at radius 2 is 2.00 bits per heavy atom. The lowest BCUT2D eigenvalue weighted by atomic mass is 10.5. The first-order chi connectivity index (χ1) is 8.88. The van der Waals surface area contributed by atoms with Crippen molar-refractivity contribution < 1.29 is 8.42 Å². The third-order valence-corrected chi connectivity index (χ3v) is 4.15. The van der Waals surface area contributed by atoms with Gasteiger partial charge in [0.25, 0.3) is 10.0 Å². The number of nitrogens with one attached hydrogen (secondary N) is 1. The minimum Gasteiger partial charge on any atom is -0.383 e. The second-order valence-electron chi connectivity index (χ2n) is 3.50. The summed E-state index contributed by atoms with van der Waals surface area (Å²) in [5.41, 5.74) is 5.56. The number of halogens is 2. The molecule has 0 saturated carbocycles. The van der Waals surface area contributed by atoms with E-state index in [0.29, 0.717) is 9.50 Å². The van der Waals surface area contributed by atoms with Gasteiger partial charge in [0.1, 0.15) is 16.5 Å². The molecule has 0 atom stereocenters. The second kappa shape index (κ2) is 5.32. The first-order valence-electron chi connectivity index (χ1n) is 4.94. The van der Waals surface area contributed by atoms with E-state index in [2.05, 4.69) is 30.6 Å². The Kier molecular flexibility index (Phi) is 3.93. The molecule has 100 valence electrons. The molecule has 6 nitrogen and oxygen atoms in total. The van der Waals surface area contributed by atoms with Crippen LogP contribution in [0.1, 0.15) is 0 Å². The van der Waals surface area contributed by atoms with E-state index < -0.39 is 10.0 Å². The highest BCUT2D eigenvalue weighted by atomic mass is 79.9. The van der Waals surface area contributed by atoms with Crippen molar-refractivity contribution in [3.63, 3.8) is 0 Å². The fourth-order valence-corrected chi connectivity index (χ4v) is 2.99. The number of sulfonamides is 1. The number of nitrogens with zero attached hydrogens (tertiary/aromatic N) is 2. The van der Waals surface area contributed by atoms with Crippen molar-refractivity contribution in [1.29, 1.82) is 0 Å². The van der Waals surface area contributed by atoms with Crippen LogP contribution in [-0.4, -0.2) is 18.4 Å². The van der Waals surface area contributed by atoms with Gasteiger partial charge < -0.3 is 5.73 Å². The molecule has 9 heteroatoms. The molecule has 19 heavy (non-hydrogen) atoms. The van der Waals surface area contributed by atoms with Crippen LogP contribution in [0.2, 0.25) is 5.02 Å². The molecule has 2 aromatic heterocycles. The zero-order valence-electron chi connectivity index (χ0n) is 9.34. The van der Waals surface area contributed by atoms with Crippen molar-refractivity contribution in [2.24, 2.45) is 0 Å². The van der Waals surface area contributed by atoms with Gasteiger partial charge in [-0.3, -0.25) is 4.72 Å². The Hall–Kier alpha value is -1.38. The molecule has 0 spiro atoms. The van der Waals surface area contributed by atoms with Crippen molar-refractivity contribution in [3.8, 4) is 0 Å². The quantitative estimate of drug-likeness (QED) is 0.871. The van der Waals surface area contributed by atoms with Crippen molar-refractivity contribution in [2.75, 3.05) is 10.5 Å². The van der Waals surface area contributed by atoms with Crippen LogP contribution in [0.5, 0.6) is 0 Å². The molecule has 3 N–H and O–H groups in total. The van der Waals surface area contributed by atoms with E-state index in [1.807, 2.05) is 0 Å². The van der Waals surface area contributed by atoms with Crippen LogP contribution in [0.25, 0.3) is 0 Å². The Labute approximate surface area is 123 Å². The Balaban J connectivity index is 2.37. The smallest absolute Gasteiger partial charge is 0.266 e. The standard InChI is InChI=1S/C10H8BrClN4O2S/c11-6-3-8(10(13)15-4-6)19(17,18)16-9-2-1-7(12)5-14-9/h1-5H,(H2,13,15)(H,14,16). The molecular weight excluding hydrogens is 356 g/mol. The van der Waals surface area contributed by atoms with Crippen LogP contribution in [0, 0.1) is 0 Å². The van der Waals surface area contributed by atoms with E-state index in [9.17, 15) is 8.42 Å². The topological polar surface area (TPSA) is 98.0 Å². The molecule has 2 aromatic rings. The fraction of sp³-hybridized carbons (Fsp3) is 0. The lowest BCUT2D eigenvalue weighted by molar-refractivity contribution is 0.601. The van der Waals surface area contributed by atoms with Gasteiger partial charge in [-0.15, -0.1) is 0 Å². The maximum atomic E-state index is 12.1. The van der Waals surface area contributed by atoms with E-state index in [-0.39, 0.29) is 16.5 Å². The largest absolute Gasteiger partial charge is 0.383 e. The third kappa shape index (κ3) is 3.34. The Morgan fingerprint density at radius 3 is 2.63 bits per heavy atom. The van der Waals surface area contributed by atoms with Crippen LogP contribution >= 0.6 is 27.5 Å². The maximum Gasteiger partial charge on any atom is 0.266 e. The molecule has 0 aromatic carbocycles. The molecule has 2 heterocycles. The summed E-state index contributed by atoms with van der Waals surface area (Å²) < 4.78 is 27.1. The molecule has 0 amide bonds. The highest BCUT2D eigenvalue weighted by Gasteiger charge is 2.19. The number of aromatic nitrogens is 2. The van der Waals surface area contributed by atoms with Crippen molar-refractivity contribution in [2.45, 2.75) is 4.90 Å². The second-order valence-corrected chi connectivity index (χ2v) is 6.51. The van der Waals surface area contributed by atoms with Gasteiger partial charge >= 0.3 is 0 Å². The van der Waals surface area contributed by atoms with Gasteiger partial charge in [-0.1, -0.05) is 11.6 Å². The number of hydrogen-bond donors (Lipinski definition) is 2. The summed E-state index contributed by atoms with van der Waals surface area (Å²) >= 11 is 8.81. The van der Waals surface area contributed by atoms with E-state index in [1.165, 1.54) is 30.6 Å². The summed E-state index contributed by atoms with van der Waals surface area (Å²) in [6.07, 6.45) is 2.75. The SMILES string of the molecule is Nc1ncc(Br)cc1S(=O)(=O)Nc1ccc(Cl)cn1. The Morgan fingerprint density at radius 1 is 1.26 bits per heavy atom. The molecule has 0 aliphatic rings. The lowest BCUT2D eigenvalue weighted by Gasteiger charge is -2.09. The van der Waals surface area contributed by atoms with E-state index in [1.54, 1.807) is 0 Å². The fourth-order valence-electron chi connectivity index (χ4n) is 1.28. The lowest BCUT2D eigenvalue weighted by Crippen LogP contribution is -2.16. The average Bonchev–Trinajstić information content (AvgIpc) is 2.35. The van der Waals surface area contributed by atoms with Crippen molar-refractivity contribution in [1.82, 2.24) is 9.97 Å². The zero-order valence-corrected chi connectivity index (χ0v) is 12.5. The van der Waals surface area contributed by atoms with E-state index in [4.69, 9.17) is 17.3 Å². The van der Waals surface area contributed by atoms with Gasteiger partial charge in [-0.25, -0.2) is 18.4 Å². The maximum absolute atomic E-state index is 12.1. The van der Waals surface area contributed by atoms with E-state index in [0.717, 1.165) is 0 Å². The molecule has 0 bridgehead atoms. The van der Waals surface area contributed by atoms with E-state index >= 15 is 0 Å². The molecule has 2 rings (SSSR count). The van der Waals surface area contributed by atoms with Gasteiger partial charge in [0, 0.05) is 16.9 Å². The summed E-state index contributed by atoms with van der Waals surface area (Å²) in [5, 5.41) is 0.409. The van der Waals surface area contributed by atoms with Gasteiger partial charge in [0.15, 0.2) is 0 Å². The number of hydrogen-bond acceptors (Lipinski definition) is 5. The first kappa shape index (κ1) is 14.0. The van der Waals surface area contributed by atoms with Gasteiger partial charge in [0.05, 0.1) is 5.02 Å². The Bertz CT molecular complexity index is 706. The van der Waals surface area contributed by atoms with Crippen molar-refractivity contribution in [3.05, 3.63) is 40.1 Å². The molecule has 0 unspecified atom stereocenters. The molecule has 0 aliphatic carbocycles. The van der Waals surface area contributed by atoms with Gasteiger partial charge in [0.2, 0.25) is 0 Å². The summed E-state index contributed by atoms with van der Waals surface area (Å²) in [6.45, 7) is 0. The number of anilines is 2. The highest BCUT2D eigenvalue weighted by molar-refractivity contribution is 9.10. The van der Waals surface area contributed by atoms with Crippen LogP contribution in [-0.2, 0) is 10.0 Å². The average molecular weight is 364 g/mol. The number of rotatable bonds is 3. The molecule has 0 radical (unpaired) electrons. The van der Waals surface area contributed by atoms with Crippen LogP contribution < -0.4 is 10.5 Å². The van der Waals surface area contributed by atoms with Crippen molar-refractivity contribution >= 4 is 49.2 Å². The molecule has 0 saturated heterocycles. The third-order valence-electron chi connectivity index (χ3n) is 2.10. The predicted octanol–water partition coefficient (Wildman–Crippen LogP) is 2.28. The monoisotopic (exact) mass is 362 g/mol. The van der Waals surface area contributed by atoms with Crippen LogP contribution in [0.4, 0.5) is 11.6 Å².